The molecule has 0 aliphatic carbocycles. The fraction of sp³-hybridized carbons (Fsp3) is 0.533. The minimum Gasteiger partial charge on any atom is -0.342 e. The molecule has 1 unspecified atom stereocenters. The normalized spacial score (nSPS) is 12.2. The summed E-state index contributed by atoms with van der Waals surface area (Å²) in [7, 11) is 0. The van der Waals surface area contributed by atoms with Gasteiger partial charge in [-0.3, -0.25) is 4.79 Å². The molecule has 0 saturated heterocycles. The number of hydrogen-bond donors (Lipinski definition) is 1. The monoisotopic (exact) mass is 265 g/mol. The molecule has 0 fully saturated rings. The van der Waals surface area contributed by atoms with Crippen LogP contribution in [0, 0.1) is 0 Å². The van der Waals surface area contributed by atoms with Crippen LogP contribution in [0.15, 0.2) is 30.3 Å². The van der Waals surface area contributed by atoms with E-state index in [1.165, 1.54) is 0 Å². The average molecular weight is 265 g/mol. The van der Waals surface area contributed by atoms with Crippen molar-refractivity contribution in [1.29, 1.82) is 0 Å². The van der Waals surface area contributed by atoms with Crippen molar-refractivity contribution in [3.05, 3.63) is 35.9 Å². The van der Waals surface area contributed by atoms with Crippen molar-refractivity contribution in [3.63, 3.8) is 0 Å². The molecule has 0 bridgehead atoms. The topological polar surface area (TPSA) is 20.3 Å². The van der Waals surface area contributed by atoms with Gasteiger partial charge in [0.1, 0.15) is 0 Å². The fourth-order valence-corrected chi connectivity index (χ4v) is 2.28. The third kappa shape index (κ3) is 4.73. The summed E-state index contributed by atoms with van der Waals surface area (Å²) in [5.74, 6) is 0.151. The van der Waals surface area contributed by atoms with Gasteiger partial charge in [-0.05, 0) is 25.3 Å². The lowest BCUT2D eigenvalue weighted by molar-refractivity contribution is -0.130. The predicted octanol–water partition coefficient (Wildman–Crippen LogP) is 3.18. The van der Waals surface area contributed by atoms with Gasteiger partial charge in [0.2, 0.25) is 5.91 Å². The highest BCUT2D eigenvalue weighted by Gasteiger charge is 2.19. The Labute approximate surface area is 116 Å². The second kappa shape index (κ2) is 8.20. The Morgan fingerprint density at radius 2 is 1.94 bits per heavy atom. The summed E-state index contributed by atoms with van der Waals surface area (Å²) >= 11 is 4.46. The van der Waals surface area contributed by atoms with Crippen LogP contribution in [0.3, 0.4) is 0 Å². The maximum Gasteiger partial charge on any atom is 0.235 e. The third-order valence-corrected chi connectivity index (χ3v) is 3.44. The van der Waals surface area contributed by atoms with Crippen LogP contribution in [0.1, 0.15) is 32.3 Å². The van der Waals surface area contributed by atoms with Crippen LogP contribution in [0.4, 0.5) is 0 Å². The van der Waals surface area contributed by atoms with Crippen molar-refractivity contribution in [3.8, 4) is 0 Å². The van der Waals surface area contributed by atoms with E-state index < -0.39 is 0 Å². The van der Waals surface area contributed by atoms with Gasteiger partial charge in [0.15, 0.2) is 0 Å². The summed E-state index contributed by atoms with van der Waals surface area (Å²) in [5, 5.41) is -0.232. The Balaban J connectivity index is 2.54. The maximum absolute atomic E-state index is 12.2. The molecule has 3 heteroatoms. The molecule has 1 aromatic rings. The van der Waals surface area contributed by atoms with Crippen LogP contribution in [0.2, 0.25) is 0 Å². The van der Waals surface area contributed by atoms with Crippen LogP contribution in [-0.4, -0.2) is 29.1 Å². The molecular weight excluding hydrogens is 242 g/mol. The molecule has 18 heavy (non-hydrogen) atoms. The first kappa shape index (κ1) is 15.1. The van der Waals surface area contributed by atoms with Gasteiger partial charge in [-0.25, -0.2) is 0 Å². The molecule has 0 heterocycles. The van der Waals surface area contributed by atoms with Crippen LogP contribution < -0.4 is 0 Å². The van der Waals surface area contributed by atoms with Gasteiger partial charge >= 0.3 is 0 Å². The molecule has 100 valence electrons. The SMILES string of the molecule is CCCCN(CC)C(=O)C(S)Cc1ccccc1. The molecule has 2 nitrogen and oxygen atoms in total. The van der Waals surface area contributed by atoms with E-state index in [1.54, 1.807) is 0 Å². The van der Waals surface area contributed by atoms with E-state index in [2.05, 4.69) is 19.6 Å². The van der Waals surface area contributed by atoms with Crippen molar-refractivity contribution in [2.24, 2.45) is 0 Å². The summed E-state index contributed by atoms with van der Waals surface area (Å²) in [6.45, 7) is 5.78. The van der Waals surface area contributed by atoms with Gasteiger partial charge in [-0.1, -0.05) is 43.7 Å². The number of amides is 1. The van der Waals surface area contributed by atoms with E-state index in [4.69, 9.17) is 0 Å². The van der Waals surface area contributed by atoms with E-state index >= 15 is 0 Å². The standard InChI is InChI=1S/C15H23NOS/c1-3-5-11-16(4-2)15(17)14(18)12-13-9-7-6-8-10-13/h6-10,14,18H,3-5,11-12H2,1-2H3. The van der Waals surface area contributed by atoms with E-state index in [-0.39, 0.29) is 11.2 Å². The van der Waals surface area contributed by atoms with Gasteiger partial charge < -0.3 is 4.90 Å². The first-order valence-electron chi connectivity index (χ1n) is 6.69. The van der Waals surface area contributed by atoms with Crippen molar-refractivity contribution in [2.75, 3.05) is 13.1 Å². The van der Waals surface area contributed by atoms with Crippen molar-refractivity contribution < 1.29 is 4.79 Å². The summed E-state index contributed by atoms with van der Waals surface area (Å²) in [4.78, 5) is 14.1. The van der Waals surface area contributed by atoms with Crippen LogP contribution in [-0.2, 0) is 11.2 Å². The maximum atomic E-state index is 12.2. The molecule has 0 N–H and O–H groups in total. The van der Waals surface area contributed by atoms with Crippen molar-refractivity contribution >= 4 is 18.5 Å². The molecule has 1 atom stereocenters. The summed E-state index contributed by atoms with van der Waals surface area (Å²) in [6.07, 6.45) is 2.87. The van der Waals surface area contributed by atoms with Gasteiger partial charge in [0.25, 0.3) is 0 Å². The molecule has 0 aliphatic rings. The molecule has 1 rings (SSSR count). The number of rotatable bonds is 7. The molecule has 1 amide bonds. The summed E-state index contributed by atoms with van der Waals surface area (Å²) in [6, 6.07) is 10.1. The minimum absolute atomic E-state index is 0.151. The molecule has 0 radical (unpaired) electrons. The van der Waals surface area contributed by atoms with Gasteiger partial charge in [-0.2, -0.15) is 12.6 Å². The number of thiol groups is 1. The lowest BCUT2D eigenvalue weighted by Gasteiger charge is -2.24. The Morgan fingerprint density at radius 3 is 2.50 bits per heavy atom. The Kier molecular flexibility index (Phi) is 6.88. The number of benzene rings is 1. The largest absolute Gasteiger partial charge is 0.342 e. The molecule has 0 spiro atoms. The second-order valence-corrected chi connectivity index (χ2v) is 5.10. The number of carbonyl (C=O) groups is 1. The zero-order valence-electron chi connectivity index (χ0n) is 11.3. The third-order valence-electron chi connectivity index (χ3n) is 3.03. The summed E-state index contributed by atoms with van der Waals surface area (Å²) in [5.41, 5.74) is 1.16. The zero-order valence-corrected chi connectivity index (χ0v) is 12.2. The molecule has 0 saturated carbocycles. The van der Waals surface area contributed by atoms with Crippen LogP contribution in [0.5, 0.6) is 0 Å². The van der Waals surface area contributed by atoms with E-state index in [0.29, 0.717) is 6.42 Å². The minimum atomic E-state index is -0.232. The Hall–Kier alpha value is -0.960. The highest BCUT2D eigenvalue weighted by atomic mass is 32.1. The molecular formula is C15H23NOS. The fourth-order valence-electron chi connectivity index (χ4n) is 1.91. The first-order valence-corrected chi connectivity index (χ1v) is 7.21. The van der Waals surface area contributed by atoms with E-state index in [9.17, 15) is 4.79 Å². The van der Waals surface area contributed by atoms with E-state index in [0.717, 1.165) is 31.5 Å². The number of nitrogens with zero attached hydrogens (tertiary/aromatic N) is 1. The zero-order chi connectivity index (χ0) is 13.4. The Morgan fingerprint density at radius 1 is 1.28 bits per heavy atom. The van der Waals surface area contributed by atoms with Crippen LogP contribution >= 0.6 is 12.6 Å². The van der Waals surface area contributed by atoms with Crippen molar-refractivity contribution in [2.45, 2.75) is 38.4 Å². The quantitative estimate of drug-likeness (QED) is 0.751. The summed E-state index contributed by atoms with van der Waals surface area (Å²) < 4.78 is 0. The van der Waals surface area contributed by atoms with Gasteiger partial charge in [-0.15, -0.1) is 0 Å². The lowest BCUT2D eigenvalue weighted by atomic mass is 10.1. The average Bonchev–Trinajstić information content (AvgIpc) is 2.40. The van der Waals surface area contributed by atoms with Gasteiger partial charge in [0.05, 0.1) is 5.25 Å². The van der Waals surface area contributed by atoms with Crippen LogP contribution in [0.25, 0.3) is 0 Å². The van der Waals surface area contributed by atoms with Crippen molar-refractivity contribution in [1.82, 2.24) is 4.90 Å². The predicted molar refractivity (Wildman–Crippen MR) is 80.1 cm³/mol. The number of hydrogen-bond acceptors (Lipinski definition) is 2. The molecule has 0 aliphatic heterocycles. The highest BCUT2D eigenvalue weighted by molar-refractivity contribution is 7.81. The van der Waals surface area contributed by atoms with Gasteiger partial charge in [0, 0.05) is 13.1 Å². The number of unbranched alkanes of at least 4 members (excludes halogenated alkanes) is 1. The lowest BCUT2D eigenvalue weighted by Crippen LogP contribution is -2.38. The Bertz CT molecular complexity index is 353. The molecule has 0 aromatic heterocycles. The highest BCUT2D eigenvalue weighted by Crippen LogP contribution is 2.11. The smallest absolute Gasteiger partial charge is 0.235 e. The first-order chi connectivity index (χ1) is 8.69. The second-order valence-electron chi connectivity index (χ2n) is 4.48. The van der Waals surface area contributed by atoms with E-state index in [1.807, 2.05) is 42.2 Å². The number of carbonyl (C=O) groups excluding carboxylic acids is 1. The molecule has 1 aromatic carbocycles.